The van der Waals surface area contributed by atoms with Crippen molar-refractivity contribution >= 4 is 33.2 Å². The van der Waals surface area contributed by atoms with E-state index in [1.54, 1.807) is 5.57 Å². The van der Waals surface area contributed by atoms with Crippen LogP contribution in [0, 0.1) is 11.3 Å². The number of hydrogen-bond donors (Lipinski definition) is 0. The molecule has 240 valence electrons. The molecule has 0 saturated carbocycles. The van der Waals surface area contributed by atoms with Crippen molar-refractivity contribution in [2.75, 3.05) is 4.90 Å². The Labute approximate surface area is 290 Å². The average Bonchev–Trinajstić information content (AvgIpc) is 3.56. The Morgan fingerprint density at radius 2 is 1.33 bits per heavy atom. The van der Waals surface area contributed by atoms with Gasteiger partial charge in [0.15, 0.2) is 0 Å². The molecule has 0 bridgehead atoms. The van der Waals surface area contributed by atoms with E-state index in [0.717, 1.165) is 12.8 Å². The summed E-state index contributed by atoms with van der Waals surface area (Å²) in [6, 6.07) is 46.5. The first-order valence-electron chi connectivity index (χ1n) is 17.7. The molecule has 0 amide bonds. The molecule has 6 aromatic rings. The van der Waals surface area contributed by atoms with E-state index >= 15 is 0 Å². The van der Waals surface area contributed by atoms with Crippen LogP contribution in [0.1, 0.15) is 40.5 Å². The predicted octanol–water partition coefficient (Wildman–Crippen LogP) is 12.5. The van der Waals surface area contributed by atoms with Crippen LogP contribution >= 0.6 is 0 Å². The second-order valence-corrected chi connectivity index (χ2v) is 14.9. The maximum atomic E-state index is 2.59. The predicted molar refractivity (Wildman–Crippen MR) is 208 cm³/mol. The Balaban J connectivity index is 1.11. The van der Waals surface area contributed by atoms with Gasteiger partial charge in [0.25, 0.3) is 0 Å². The van der Waals surface area contributed by atoms with Crippen molar-refractivity contribution in [1.82, 2.24) is 4.57 Å². The Hall–Kier alpha value is -5.34. The van der Waals surface area contributed by atoms with Crippen LogP contribution in [0.15, 0.2) is 174 Å². The molecule has 1 heterocycles. The van der Waals surface area contributed by atoms with E-state index in [1.807, 2.05) is 0 Å². The standard InChI is InChI=1S/C47H42N2/c1-32-19-25-42-40(29-32)38-27-28-47(4,31-43(38)46(42,2)3)49(36-15-9-6-10-16-36)37-23-20-33(21-24-37)34-22-26-45-41(30-34)39-17-11-12-18-44(39)48(45)35-13-7-5-8-14-35/h5-27,30-32H,28-29H2,1-4H3. The van der Waals surface area contributed by atoms with Crippen LogP contribution in [0.5, 0.6) is 0 Å². The lowest BCUT2D eigenvalue weighted by atomic mass is 9.74. The molecule has 3 aliphatic rings. The van der Waals surface area contributed by atoms with Crippen molar-refractivity contribution in [2.45, 2.75) is 46.1 Å². The van der Waals surface area contributed by atoms with E-state index in [2.05, 4.69) is 189 Å². The number of para-hydroxylation sites is 3. The number of hydrogen-bond acceptors (Lipinski definition) is 1. The maximum Gasteiger partial charge on any atom is 0.0646 e. The summed E-state index contributed by atoms with van der Waals surface area (Å²) >= 11 is 0. The van der Waals surface area contributed by atoms with Gasteiger partial charge >= 0.3 is 0 Å². The maximum absolute atomic E-state index is 2.59. The van der Waals surface area contributed by atoms with E-state index in [4.69, 9.17) is 0 Å². The van der Waals surface area contributed by atoms with E-state index < -0.39 is 0 Å². The molecular formula is C47H42N2. The molecule has 0 N–H and O–H groups in total. The lowest BCUT2D eigenvalue weighted by Crippen LogP contribution is -2.43. The van der Waals surface area contributed by atoms with Gasteiger partial charge in [-0.1, -0.05) is 118 Å². The summed E-state index contributed by atoms with van der Waals surface area (Å²) in [5, 5.41) is 2.55. The molecule has 0 spiro atoms. The molecule has 0 saturated heterocycles. The van der Waals surface area contributed by atoms with Gasteiger partial charge < -0.3 is 9.47 Å². The first-order valence-corrected chi connectivity index (χ1v) is 17.7. The second kappa shape index (κ2) is 11.1. The van der Waals surface area contributed by atoms with Gasteiger partial charge in [-0.05, 0) is 114 Å². The summed E-state index contributed by atoms with van der Waals surface area (Å²) in [5.74, 6) is 0.589. The molecule has 3 aliphatic carbocycles. The van der Waals surface area contributed by atoms with Gasteiger partial charge in [0.05, 0.1) is 16.6 Å². The number of benzene rings is 5. The number of fused-ring (bicyclic) bond motifs is 5. The molecular weight excluding hydrogens is 593 g/mol. The van der Waals surface area contributed by atoms with Gasteiger partial charge in [0.1, 0.15) is 0 Å². The molecule has 2 heteroatoms. The summed E-state index contributed by atoms with van der Waals surface area (Å²) in [6.45, 7) is 9.58. The smallest absolute Gasteiger partial charge is 0.0646 e. The van der Waals surface area contributed by atoms with Gasteiger partial charge in [-0.2, -0.15) is 0 Å². The molecule has 0 aliphatic heterocycles. The monoisotopic (exact) mass is 634 g/mol. The van der Waals surface area contributed by atoms with Crippen molar-refractivity contribution in [3.8, 4) is 16.8 Å². The lowest BCUT2D eigenvalue weighted by Gasteiger charge is -2.44. The van der Waals surface area contributed by atoms with Crippen LogP contribution in [-0.4, -0.2) is 10.1 Å². The summed E-state index contributed by atoms with van der Waals surface area (Å²) in [7, 11) is 0. The SMILES string of the molecule is CC1C=CC2=C(C1)C1=CCC(C)(N(c3ccccc3)c3ccc(-c4ccc5c(c4)c4ccccc4n5-c4ccccc4)cc3)C=C1C2(C)C. The highest BCUT2D eigenvalue weighted by atomic mass is 15.2. The van der Waals surface area contributed by atoms with E-state index in [1.165, 1.54) is 66.7 Å². The zero-order chi connectivity index (χ0) is 33.3. The third kappa shape index (κ3) is 4.69. The van der Waals surface area contributed by atoms with E-state index in [0.29, 0.717) is 5.92 Å². The topological polar surface area (TPSA) is 8.17 Å². The van der Waals surface area contributed by atoms with Gasteiger partial charge in [0.2, 0.25) is 0 Å². The Morgan fingerprint density at radius 1 is 0.673 bits per heavy atom. The number of aromatic nitrogens is 1. The second-order valence-electron chi connectivity index (χ2n) is 14.9. The zero-order valence-corrected chi connectivity index (χ0v) is 28.8. The third-order valence-electron chi connectivity index (χ3n) is 11.3. The minimum atomic E-state index is -0.221. The Morgan fingerprint density at radius 3 is 2.10 bits per heavy atom. The van der Waals surface area contributed by atoms with Crippen molar-refractivity contribution in [2.24, 2.45) is 11.3 Å². The molecule has 0 fully saturated rings. The summed E-state index contributed by atoms with van der Waals surface area (Å²) in [5.41, 5.74) is 14.3. The lowest BCUT2D eigenvalue weighted by molar-refractivity contribution is 0.521. The fraction of sp³-hybridized carbons (Fsp3) is 0.191. The fourth-order valence-corrected chi connectivity index (χ4v) is 8.80. The van der Waals surface area contributed by atoms with Crippen LogP contribution in [0.4, 0.5) is 11.4 Å². The largest absolute Gasteiger partial charge is 0.332 e. The van der Waals surface area contributed by atoms with Gasteiger partial charge in [-0.25, -0.2) is 0 Å². The van der Waals surface area contributed by atoms with Crippen molar-refractivity contribution in [3.63, 3.8) is 0 Å². The summed E-state index contributed by atoms with van der Waals surface area (Å²) in [4.78, 5) is 2.56. The number of anilines is 2. The highest BCUT2D eigenvalue weighted by molar-refractivity contribution is 6.10. The Bertz CT molecular complexity index is 2360. The van der Waals surface area contributed by atoms with Crippen molar-refractivity contribution in [1.29, 1.82) is 0 Å². The normalized spacial score (nSPS) is 21.0. The Kier molecular flexibility index (Phi) is 6.75. The van der Waals surface area contributed by atoms with Crippen molar-refractivity contribution in [3.05, 3.63) is 174 Å². The summed E-state index contributed by atoms with van der Waals surface area (Å²) < 4.78 is 2.38. The third-order valence-corrected chi connectivity index (χ3v) is 11.3. The molecule has 2 atom stereocenters. The van der Waals surface area contributed by atoms with E-state index in [9.17, 15) is 0 Å². The summed E-state index contributed by atoms with van der Waals surface area (Å²) in [6.07, 6.45) is 12.0. The van der Waals surface area contributed by atoms with Crippen LogP contribution in [0.2, 0.25) is 0 Å². The van der Waals surface area contributed by atoms with Gasteiger partial charge in [0, 0.05) is 33.2 Å². The molecule has 9 rings (SSSR count). The molecule has 5 aromatic carbocycles. The van der Waals surface area contributed by atoms with Crippen LogP contribution < -0.4 is 4.90 Å². The number of nitrogens with zero attached hydrogens (tertiary/aromatic N) is 2. The van der Waals surface area contributed by atoms with Crippen LogP contribution in [0.25, 0.3) is 38.6 Å². The molecule has 49 heavy (non-hydrogen) atoms. The van der Waals surface area contributed by atoms with Gasteiger partial charge in [-0.15, -0.1) is 0 Å². The minimum Gasteiger partial charge on any atom is -0.332 e. The molecule has 2 nitrogen and oxygen atoms in total. The zero-order valence-electron chi connectivity index (χ0n) is 28.8. The average molecular weight is 635 g/mol. The molecule has 1 aromatic heterocycles. The van der Waals surface area contributed by atoms with Crippen LogP contribution in [0.3, 0.4) is 0 Å². The first-order chi connectivity index (χ1) is 23.8. The van der Waals surface area contributed by atoms with Crippen molar-refractivity contribution < 1.29 is 0 Å². The number of rotatable bonds is 5. The highest BCUT2D eigenvalue weighted by Gasteiger charge is 2.45. The quantitative estimate of drug-likeness (QED) is 0.183. The van der Waals surface area contributed by atoms with E-state index in [-0.39, 0.29) is 11.0 Å². The minimum absolute atomic E-state index is 0.00597. The molecule has 2 unspecified atom stereocenters. The van der Waals surface area contributed by atoms with Crippen LogP contribution in [-0.2, 0) is 0 Å². The number of allylic oxidation sites excluding steroid dienone is 6. The highest BCUT2D eigenvalue weighted by Crippen LogP contribution is 2.57. The van der Waals surface area contributed by atoms with Gasteiger partial charge in [-0.3, -0.25) is 0 Å². The fourth-order valence-electron chi connectivity index (χ4n) is 8.80. The molecule has 0 radical (unpaired) electrons. The first kappa shape index (κ1) is 29.8.